The SMILES string of the molecule is O=C(NO)C1(S(=O)(=O)c2ccc(OCCN[C](=[Nb])c3ccccc3)cc2)CCOCC1. The van der Waals surface area contributed by atoms with Crippen molar-refractivity contribution in [2.45, 2.75) is 22.5 Å². The Hall–Kier alpha value is -1.85. The van der Waals surface area contributed by atoms with Crippen molar-refractivity contribution in [1.82, 2.24) is 10.8 Å². The molecule has 3 rings (SSSR count). The number of carbonyl (C=O) groups is 1. The Kier molecular flexibility index (Phi) is 8.17. The Morgan fingerprint density at radius 2 is 1.74 bits per heavy atom. The third kappa shape index (κ3) is 5.32. The van der Waals surface area contributed by atoms with Crippen LogP contribution in [0.1, 0.15) is 18.4 Å². The van der Waals surface area contributed by atoms with Crippen LogP contribution in [0.2, 0.25) is 0 Å². The summed E-state index contributed by atoms with van der Waals surface area (Å²) in [5.74, 6) is -0.413. The first-order valence-corrected chi connectivity index (χ1v) is 12.3. The van der Waals surface area contributed by atoms with E-state index in [4.69, 9.17) is 14.7 Å². The minimum absolute atomic E-state index is 0.00103. The van der Waals surface area contributed by atoms with Gasteiger partial charge in [0.05, 0.1) is 0 Å². The van der Waals surface area contributed by atoms with Crippen LogP contribution in [0.3, 0.4) is 0 Å². The Morgan fingerprint density at radius 3 is 2.35 bits per heavy atom. The van der Waals surface area contributed by atoms with Gasteiger partial charge in [-0.3, -0.25) is 10.0 Å². The molecule has 1 aliphatic rings. The van der Waals surface area contributed by atoms with Crippen molar-refractivity contribution in [2.75, 3.05) is 26.4 Å². The van der Waals surface area contributed by atoms with Gasteiger partial charge in [-0.2, -0.15) is 0 Å². The van der Waals surface area contributed by atoms with Crippen molar-refractivity contribution in [3.8, 4) is 5.75 Å². The first-order chi connectivity index (χ1) is 14.9. The van der Waals surface area contributed by atoms with E-state index < -0.39 is 20.5 Å². The van der Waals surface area contributed by atoms with Crippen molar-refractivity contribution >= 4 is 19.6 Å². The minimum atomic E-state index is -4.04. The second-order valence-corrected chi connectivity index (χ2v) is 10.4. The molecule has 1 heterocycles. The van der Waals surface area contributed by atoms with Crippen LogP contribution in [-0.2, 0) is 40.0 Å². The molecule has 0 spiro atoms. The third-order valence-electron chi connectivity index (χ3n) is 5.17. The minimum Gasteiger partial charge on any atom is -0.381 e. The summed E-state index contributed by atoms with van der Waals surface area (Å²) in [7, 11) is -4.04. The van der Waals surface area contributed by atoms with Crippen molar-refractivity contribution < 1.29 is 48.5 Å². The summed E-state index contributed by atoms with van der Waals surface area (Å²) < 4.78 is 36.7. The van der Waals surface area contributed by atoms with E-state index in [-0.39, 0.29) is 31.0 Å². The summed E-state index contributed by atoms with van der Waals surface area (Å²) in [6.07, 6.45) is -0.0474. The fourth-order valence-electron chi connectivity index (χ4n) is 3.40. The van der Waals surface area contributed by atoms with Crippen molar-refractivity contribution in [1.29, 1.82) is 0 Å². The molecule has 1 aliphatic heterocycles. The molecule has 1 saturated heterocycles. The molecule has 0 aliphatic carbocycles. The number of benzene rings is 2. The summed E-state index contributed by atoms with van der Waals surface area (Å²) in [6, 6.07) is 16.0. The molecule has 1 fully saturated rings. The predicted octanol–water partition coefficient (Wildman–Crippen LogP) is 1.21. The number of carbonyl (C=O) groups excluding carboxylic acids is 1. The van der Waals surface area contributed by atoms with E-state index in [0.717, 1.165) is 9.41 Å². The van der Waals surface area contributed by atoms with E-state index in [1.807, 2.05) is 30.3 Å². The quantitative estimate of drug-likeness (QED) is 0.195. The molecular formula is C21H24N2NbO6S. The monoisotopic (exact) mass is 525 g/mol. The topological polar surface area (TPSA) is 114 Å². The van der Waals surface area contributed by atoms with E-state index in [1.54, 1.807) is 32.7 Å². The molecule has 1 amide bonds. The maximum absolute atomic E-state index is 13.2. The number of ether oxygens (including phenoxy) is 2. The molecule has 10 heteroatoms. The predicted molar refractivity (Wildman–Crippen MR) is 110 cm³/mol. The van der Waals surface area contributed by atoms with Gasteiger partial charge in [0.25, 0.3) is 0 Å². The average Bonchev–Trinajstić information content (AvgIpc) is 2.82. The second-order valence-electron chi connectivity index (χ2n) is 7.01. The number of amides is 1. The van der Waals surface area contributed by atoms with Crippen LogP contribution in [-0.4, -0.2) is 54.5 Å². The Balaban J connectivity index is 1.61. The van der Waals surface area contributed by atoms with E-state index in [2.05, 4.69) is 5.32 Å². The summed E-state index contributed by atoms with van der Waals surface area (Å²) in [4.78, 5) is 12.3. The molecule has 0 saturated carbocycles. The molecule has 2 aromatic carbocycles. The third-order valence-corrected chi connectivity index (χ3v) is 8.71. The summed E-state index contributed by atoms with van der Waals surface area (Å²) in [5.41, 5.74) is 2.64. The van der Waals surface area contributed by atoms with E-state index in [0.29, 0.717) is 18.9 Å². The molecule has 8 nitrogen and oxygen atoms in total. The first-order valence-electron chi connectivity index (χ1n) is 9.76. The molecule has 165 valence electrons. The maximum atomic E-state index is 13.2. The fourth-order valence-corrected chi connectivity index (χ4v) is 5.98. The van der Waals surface area contributed by atoms with Crippen LogP contribution in [0.15, 0.2) is 59.5 Å². The molecule has 0 unspecified atom stereocenters. The van der Waals surface area contributed by atoms with E-state index in [9.17, 15) is 13.2 Å². The zero-order valence-corrected chi connectivity index (χ0v) is 19.8. The Labute approximate surface area is 193 Å². The number of nitrogens with one attached hydrogen (secondary N) is 2. The van der Waals surface area contributed by atoms with Gasteiger partial charge in [-0.05, 0) is 0 Å². The molecule has 3 N–H and O–H groups in total. The number of sulfone groups is 1. The molecule has 0 atom stereocenters. The van der Waals surface area contributed by atoms with Gasteiger partial charge in [0, 0.05) is 13.2 Å². The molecule has 31 heavy (non-hydrogen) atoms. The van der Waals surface area contributed by atoms with Gasteiger partial charge < -0.3 is 4.74 Å². The van der Waals surface area contributed by atoms with Crippen LogP contribution in [0.5, 0.6) is 5.75 Å². The molecule has 2 aromatic rings. The summed E-state index contributed by atoms with van der Waals surface area (Å²) >= 11 is 1.59. The number of hydrogen-bond donors (Lipinski definition) is 3. The zero-order chi connectivity index (χ0) is 22.3. The van der Waals surface area contributed by atoms with E-state index in [1.165, 1.54) is 17.6 Å². The Morgan fingerprint density at radius 1 is 1.10 bits per heavy atom. The first kappa shape index (κ1) is 23.8. The molecule has 0 aromatic heterocycles. The van der Waals surface area contributed by atoms with Gasteiger partial charge >= 0.3 is 160 Å². The van der Waals surface area contributed by atoms with Gasteiger partial charge in [0.1, 0.15) is 0 Å². The van der Waals surface area contributed by atoms with Gasteiger partial charge in [0.15, 0.2) is 0 Å². The second kappa shape index (κ2) is 10.6. The molecule has 0 radical (unpaired) electrons. The van der Waals surface area contributed by atoms with Crippen LogP contribution >= 0.6 is 0 Å². The average molecular weight is 525 g/mol. The van der Waals surface area contributed by atoms with Crippen molar-refractivity contribution in [2.24, 2.45) is 0 Å². The normalized spacial score (nSPS) is 15.7. The van der Waals surface area contributed by atoms with Crippen LogP contribution in [0.25, 0.3) is 0 Å². The zero-order valence-electron chi connectivity index (χ0n) is 16.8. The number of hydrogen-bond acceptors (Lipinski definition) is 7. The van der Waals surface area contributed by atoms with Gasteiger partial charge in [-0.1, -0.05) is 0 Å². The van der Waals surface area contributed by atoms with Gasteiger partial charge in [0.2, 0.25) is 0 Å². The van der Waals surface area contributed by atoms with Crippen LogP contribution in [0, 0.1) is 0 Å². The Bertz CT molecular complexity index is 1010. The van der Waals surface area contributed by atoms with Crippen molar-refractivity contribution in [3.63, 3.8) is 0 Å². The smallest absolute Gasteiger partial charge is 0.381 e. The fraction of sp³-hybridized carbons (Fsp3) is 0.333. The van der Waals surface area contributed by atoms with Crippen LogP contribution in [0.4, 0.5) is 0 Å². The molecule has 0 bridgehead atoms. The number of hydroxylamine groups is 1. The van der Waals surface area contributed by atoms with Gasteiger partial charge in [-0.15, -0.1) is 0 Å². The summed E-state index contributed by atoms with van der Waals surface area (Å²) in [6.45, 7) is 1.25. The van der Waals surface area contributed by atoms with E-state index >= 15 is 0 Å². The standard InChI is InChI=1S/C21H24N2O6S.Nb/c24-20(23-25)21(10-13-28-14-11-21)30(26,27)19-8-6-18(7-9-19)29-15-12-22-16-17-4-2-1-3-5-17;/h1-9,22,25H,10-15H2,(H,23,24);. The van der Waals surface area contributed by atoms with Crippen LogP contribution < -0.4 is 15.5 Å². The van der Waals surface area contributed by atoms with Crippen molar-refractivity contribution in [3.05, 3.63) is 60.2 Å². The summed E-state index contributed by atoms with van der Waals surface area (Å²) in [5, 5.41) is 12.4. The molecular weight excluding hydrogens is 501 g/mol. The van der Waals surface area contributed by atoms with Gasteiger partial charge in [-0.25, -0.2) is 5.48 Å². The number of rotatable bonds is 9.